The quantitative estimate of drug-likeness (QED) is 0.197. The predicted molar refractivity (Wildman–Crippen MR) is 146 cm³/mol. The molecule has 0 unspecified atom stereocenters. The zero-order chi connectivity index (χ0) is 26.9. The molecule has 0 aliphatic heterocycles. The van der Waals surface area contributed by atoms with Crippen LogP contribution in [0.4, 0.5) is 0 Å². The summed E-state index contributed by atoms with van der Waals surface area (Å²) >= 11 is 0. The summed E-state index contributed by atoms with van der Waals surface area (Å²) in [6, 6.07) is 30.3. The molecule has 1 heterocycles. The van der Waals surface area contributed by atoms with Crippen molar-refractivity contribution in [2.24, 2.45) is 5.41 Å². The lowest BCUT2D eigenvalue weighted by Gasteiger charge is -2.36. The van der Waals surface area contributed by atoms with E-state index in [0.717, 1.165) is 16.7 Å². The maximum Gasteiger partial charge on any atom is 0.379 e. The van der Waals surface area contributed by atoms with Gasteiger partial charge in [-0.05, 0) is 23.6 Å². The number of ether oxygens (including phenoxy) is 1. The Morgan fingerprint density at radius 3 is 1.82 bits per heavy atom. The van der Waals surface area contributed by atoms with E-state index in [-0.39, 0.29) is 17.9 Å². The minimum Gasteiger partial charge on any atom is -0.507 e. The van der Waals surface area contributed by atoms with Gasteiger partial charge in [-0.1, -0.05) is 105 Å². The molecule has 1 aromatic heterocycles. The fourth-order valence-electron chi connectivity index (χ4n) is 5.52. The number of esters is 1. The van der Waals surface area contributed by atoms with Gasteiger partial charge >= 0.3 is 5.97 Å². The molecule has 0 bridgehead atoms. The molecule has 0 saturated carbocycles. The van der Waals surface area contributed by atoms with Gasteiger partial charge in [0, 0.05) is 18.0 Å². The molecule has 1 aliphatic rings. The lowest BCUT2D eigenvalue weighted by molar-refractivity contribution is -0.152. The third-order valence-electron chi connectivity index (χ3n) is 7.18. The Morgan fingerprint density at radius 1 is 0.895 bits per heavy atom. The molecule has 1 N–H and O–H groups in total. The zero-order valence-corrected chi connectivity index (χ0v) is 21.7. The molecule has 0 fully saturated rings. The fourth-order valence-corrected chi connectivity index (χ4v) is 5.52. The van der Waals surface area contributed by atoms with E-state index in [0.29, 0.717) is 17.7 Å². The predicted octanol–water partition coefficient (Wildman–Crippen LogP) is 5.71. The van der Waals surface area contributed by atoms with Crippen molar-refractivity contribution in [1.29, 1.82) is 0 Å². The van der Waals surface area contributed by atoms with Gasteiger partial charge in [0.05, 0.1) is 23.4 Å². The molecular formula is C32H30N2O4. The van der Waals surface area contributed by atoms with E-state index in [9.17, 15) is 14.7 Å². The van der Waals surface area contributed by atoms with Crippen molar-refractivity contribution in [3.63, 3.8) is 0 Å². The number of carbonyl (C=O) groups excluding carboxylic acids is 2. The second-order valence-corrected chi connectivity index (χ2v) is 10.1. The number of aliphatic hydroxyl groups is 1. The second-order valence-electron chi connectivity index (χ2n) is 10.1. The van der Waals surface area contributed by atoms with Crippen LogP contribution in [0.5, 0.6) is 0 Å². The van der Waals surface area contributed by atoms with Crippen LogP contribution in [0.3, 0.4) is 0 Å². The molecule has 0 spiro atoms. The Bertz CT molecular complexity index is 1410. The molecule has 0 radical (unpaired) electrons. The number of rotatable bonds is 7. The highest BCUT2D eigenvalue weighted by molar-refractivity contribution is 6.42. The molecule has 1 aliphatic carbocycles. The van der Waals surface area contributed by atoms with Gasteiger partial charge in [0.2, 0.25) is 0 Å². The Hall–Kier alpha value is -4.45. The molecule has 0 saturated heterocycles. The van der Waals surface area contributed by atoms with Crippen molar-refractivity contribution in [2.45, 2.75) is 32.7 Å². The van der Waals surface area contributed by atoms with Crippen molar-refractivity contribution in [2.75, 3.05) is 6.61 Å². The van der Waals surface area contributed by atoms with E-state index in [1.54, 1.807) is 13.1 Å². The van der Waals surface area contributed by atoms with Gasteiger partial charge in [0.25, 0.3) is 5.78 Å². The van der Waals surface area contributed by atoms with Crippen LogP contribution in [0.1, 0.15) is 48.7 Å². The standard InChI is InChI=1S/C32H30N2O4/c1-4-38-30(37)29(36)27-28(35)25-21-34(33-26(25)20-31(27,2)3)32(22-14-8-5-9-15-22,23-16-10-6-11-17-23)24-18-12-7-13-19-24/h5-19,21,35H,4,20H2,1-3H3. The lowest BCUT2D eigenvalue weighted by Crippen LogP contribution is -2.38. The van der Waals surface area contributed by atoms with Crippen LogP contribution in [0, 0.1) is 5.41 Å². The molecule has 0 amide bonds. The third kappa shape index (κ3) is 4.02. The van der Waals surface area contributed by atoms with E-state index < -0.39 is 22.7 Å². The first-order valence-corrected chi connectivity index (χ1v) is 12.7. The average Bonchev–Trinajstić information content (AvgIpc) is 3.34. The average molecular weight is 507 g/mol. The topological polar surface area (TPSA) is 81.4 Å². The van der Waals surface area contributed by atoms with Crippen LogP contribution < -0.4 is 0 Å². The van der Waals surface area contributed by atoms with Crippen molar-refractivity contribution in [1.82, 2.24) is 9.78 Å². The maximum atomic E-state index is 13.1. The van der Waals surface area contributed by atoms with Crippen molar-refractivity contribution in [3.8, 4) is 0 Å². The van der Waals surface area contributed by atoms with E-state index in [4.69, 9.17) is 9.84 Å². The number of hydrogen-bond acceptors (Lipinski definition) is 5. The third-order valence-corrected chi connectivity index (χ3v) is 7.18. The van der Waals surface area contributed by atoms with Gasteiger partial charge in [-0.2, -0.15) is 5.10 Å². The number of aromatic nitrogens is 2. The number of carbonyl (C=O) groups is 2. The first-order valence-electron chi connectivity index (χ1n) is 12.7. The molecule has 0 atom stereocenters. The molecule has 38 heavy (non-hydrogen) atoms. The Labute approximate surface area is 222 Å². The summed E-state index contributed by atoms with van der Waals surface area (Å²) in [6.07, 6.45) is 2.15. The van der Waals surface area contributed by atoms with Crippen LogP contribution in [0.15, 0.2) is 103 Å². The molecule has 192 valence electrons. The van der Waals surface area contributed by atoms with Gasteiger partial charge in [0.1, 0.15) is 11.3 Å². The number of fused-ring (bicyclic) bond motifs is 1. The van der Waals surface area contributed by atoms with Crippen LogP contribution in [0.25, 0.3) is 5.76 Å². The van der Waals surface area contributed by atoms with Gasteiger partial charge in [0.15, 0.2) is 0 Å². The maximum absolute atomic E-state index is 13.1. The molecular weight excluding hydrogens is 476 g/mol. The van der Waals surface area contributed by atoms with Gasteiger partial charge in [-0.25, -0.2) is 4.79 Å². The van der Waals surface area contributed by atoms with Crippen LogP contribution in [-0.2, 0) is 26.3 Å². The highest BCUT2D eigenvalue weighted by Crippen LogP contribution is 2.45. The van der Waals surface area contributed by atoms with Gasteiger partial charge < -0.3 is 9.84 Å². The molecule has 6 heteroatoms. The van der Waals surface area contributed by atoms with Crippen molar-refractivity contribution in [3.05, 3.63) is 131 Å². The second kappa shape index (κ2) is 9.78. The van der Waals surface area contributed by atoms with Gasteiger partial charge in [-0.15, -0.1) is 0 Å². The SMILES string of the molecule is CCOC(=O)C(=O)C1=C(O)c2cn(C(c3ccccc3)(c3ccccc3)c3ccccc3)nc2CC1(C)C. The number of aliphatic hydroxyl groups excluding tert-OH is 1. The number of hydrogen-bond donors (Lipinski definition) is 1. The summed E-state index contributed by atoms with van der Waals surface area (Å²) in [5.41, 5.74) is 2.41. The zero-order valence-electron chi connectivity index (χ0n) is 21.7. The summed E-state index contributed by atoms with van der Waals surface area (Å²) in [6.45, 7) is 5.38. The normalized spacial score (nSPS) is 14.6. The van der Waals surface area contributed by atoms with Crippen LogP contribution in [-0.4, -0.2) is 33.2 Å². The van der Waals surface area contributed by atoms with Gasteiger partial charge in [-0.3, -0.25) is 9.48 Å². The molecule has 4 aromatic rings. The minimum atomic E-state index is -0.967. The number of Topliss-reactive ketones (excluding diaryl/α,β-unsaturated/α-hetero) is 1. The lowest BCUT2D eigenvalue weighted by atomic mass is 9.73. The Balaban J connectivity index is 1.80. The number of nitrogens with zero attached hydrogens (tertiary/aromatic N) is 2. The van der Waals surface area contributed by atoms with E-state index in [1.807, 2.05) is 73.1 Å². The highest BCUT2D eigenvalue weighted by Gasteiger charge is 2.45. The van der Waals surface area contributed by atoms with E-state index in [1.165, 1.54) is 0 Å². The molecule has 3 aromatic carbocycles. The summed E-state index contributed by atoms with van der Waals surface area (Å²) in [7, 11) is 0. The van der Waals surface area contributed by atoms with Crippen LogP contribution >= 0.6 is 0 Å². The summed E-state index contributed by atoms with van der Waals surface area (Å²) in [4.78, 5) is 25.4. The van der Waals surface area contributed by atoms with E-state index >= 15 is 0 Å². The van der Waals surface area contributed by atoms with Crippen molar-refractivity contribution < 1.29 is 19.4 Å². The first-order chi connectivity index (χ1) is 18.3. The number of ketones is 1. The fraction of sp³-hybridized carbons (Fsp3) is 0.219. The Morgan fingerprint density at radius 2 is 1.37 bits per heavy atom. The molecule has 6 nitrogen and oxygen atoms in total. The molecule has 5 rings (SSSR count). The summed E-state index contributed by atoms with van der Waals surface area (Å²) < 4.78 is 6.84. The minimum absolute atomic E-state index is 0.0488. The smallest absolute Gasteiger partial charge is 0.379 e. The van der Waals surface area contributed by atoms with Crippen molar-refractivity contribution >= 4 is 17.5 Å². The number of benzene rings is 3. The Kier molecular flexibility index (Phi) is 6.49. The monoisotopic (exact) mass is 506 g/mol. The van der Waals surface area contributed by atoms with E-state index in [2.05, 4.69) is 36.4 Å². The summed E-state index contributed by atoms with van der Waals surface area (Å²) in [5, 5.41) is 16.5. The largest absolute Gasteiger partial charge is 0.507 e. The van der Waals surface area contributed by atoms with Crippen LogP contribution in [0.2, 0.25) is 0 Å². The highest BCUT2D eigenvalue weighted by atomic mass is 16.5. The summed E-state index contributed by atoms with van der Waals surface area (Å²) in [5.74, 6) is -2.03. The first kappa shape index (κ1) is 25.2.